The predicted octanol–water partition coefficient (Wildman–Crippen LogP) is 1.53. The van der Waals surface area contributed by atoms with Crippen LogP contribution in [0.25, 0.3) is 0 Å². The zero-order valence-corrected chi connectivity index (χ0v) is 13.0. The largest absolute Gasteiger partial charge is 0.383 e. The summed E-state index contributed by atoms with van der Waals surface area (Å²) >= 11 is 6.31. The van der Waals surface area contributed by atoms with Crippen molar-refractivity contribution in [2.75, 3.05) is 20.8 Å². The van der Waals surface area contributed by atoms with Crippen LogP contribution in [0.15, 0.2) is 12.3 Å². The number of hydrogen-bond donors (Lipinski definition) is 1. The van der Waals surface area contributed by atoms with Crippen molar-refractivity contribution in [3.63, 3.8) is 0 Å². The summed E-state index contributed by atoms with van der Waals surface area (Å²) in [5, 5.41) is 12.6. The Hall–Kier alpha value is -1.37. The van der Waals surface area contributed by atoms with E-state index in [2.05, 4.69) is 15.5 Å². The second-order valence-corrected chi connectivity index (χ2v) is 5.06. The van der Waals surface area contributed by atoms with Crippen molar-refractivity contribution in [2.24, 2.45) is 7.05 Å². The number of nitrogens with zero attached hydrogens (tertiary/aromatic N) is 4. The average molecular weight is 298 g/mol. The van der Waals surface area contributed by atoms with Gasteiger partial charge in [0.1, 0.15) is 0 Å². The second kappa shape index (κ2) is 6.39. The van der Waals surface area contributed by atoms with Crippen LogP contribution in [0.4, 0.5) is 0 Å². The molecule has 0 fully saturated rings. The SMILES string of the molecule is CNC(c1cc(C)nn1C)c1c(Cl)cnn1CCOC. The molecule has 6 nitrogen and oxygen atoms in total. The first-order valence-electron chi connectivity index (χ1n) is 6.46. The minimum absolute atomic E-state index is 0.0620. The fourth-order valence-electron chi connectivity index (χ4n) is 2.34. The number of halogens is 1. The van der Waals surface area contributed by atoms with Crippen LogP contribution in [-0.2, 0) is 18.3 Å². The van der Waals surface area contributed by atoms with Gasteiger partial charge in [-0.2, -0.15) is 10.2 Å². The third kappa shape index (κ3) is 2.87. The molecule has 7 heteroatoms. The van der Waals surface area contributed by atoms with Gasteiger partial charge in [-0.25, -0.2) is 0 Å². The van der Waals surface area contributed by atoms with Gasteiger partial charge in [-0.05, 0) is 20.0 Å². The lowest BCUT2D eigenvalue weighted by Gasteiger charge is -2.19. The molecule has 2 rings (SSSR count). The number of aryl methyl sites for hydroxylation is 2. The molecule has 0 aliphatic carbocycles. The van der Waals surface area contributed by atoms with Gasteiger partial charge in [-0.1, -0.05) is 11.6 Å². The Morgan fingerprint density at radius 3 is 2.80 bits per heavy atom. The van der Waals surface area contributed by atoms with E-state index in [1.807, 2.05) is 36.4 Å². The molecular weight excluding hydrogens is 278 g/mol. The molecule has 0 radical (unpaired) electrons. The highest BCUT2D eigenvalue weighted by Gasteiger charge is 2.23. The van der Waals surface area contributed by atoms with Crippen LogP contribution in [0.1, 0.15) is 23.1 Å². The fraction of sp³-hybridized carbons (Fsp3) is 0.538. The quantitative estimate of drug-likeness (QED) is 0.878. The number of methoxy groups -OCH3 is 1. The summed E-state index contributed by atoms with van der Waals surface area (Å²) in [5.74, 6) is 0. The molecule has 2 aromatic rings. The van der Waals surface area contributed by atoms with Crippen molar-refractivity contribution < 1.29 is 4.74 Å². The zero-order chi connectivity index (χ0) is 14.7. The highest BCUT2D eigenvalue weighted by atomic mass is 35.5. The van der Waals surface area contributed by atoms with Gasteiger partial charge >= 0.3 is 0 Å². The standard InChI is InChI=1S/C13H20ClN5O/c1-9-7-11(18(3)17-9)12(15-2)13-10(14)8-16-19(13)5-6-20-4/h7-8,12,15H,5-6H2,1-4H3. The van der Waals surface area contributed by atoms with Gasteiger partial charge in [-0.15, -0.1) is 0 Å². The number of aromatic nitrogens is 4. The highest BCUT2D eigenvalue weighted by Crippen LogP contribution is 2.28. The van der Waals surface area contributed by atoms with E-state index in [1.54, 1.807) is 13.3 Å². The van der Waals surface area contributed by atoms with Gasteiger partial charge in [0.05, 0.1) is 47.5 Å². The molecule has 0 aromatic carbocycles. The first-order chi connectivity index (χ1) is 9.58. The molecule has 1 atom stereocenters. The normalized spacial score (nSPS) is 12.8. The molecule has 0 spiro atoms. The summed E-state index contributed by atoms with van der Waals surface area (Å²) in [7, 11) is 5.50. The lowest BCUT2D eigenvalue weighted by Crippen LogP contribution is -2.25. The van der Waals surface area contributed by atoms with E-state index >= 15 is 0 Å². The molecule has 0 saturated heterocycles. The van der Waals surface area contributed by atoms with Gasteiger partial charge in [0.2, 0.25) is 0 Å². The van der Waals surface area contributed by atoms with E-state index in [0.29, 0.717) is 18.2 Å². The number of rotatable bonds is 6. The van der Waals surface area contributed by atoms with Crippen molar-refractivity contribution in [2.45, 2.75) is 19.5 Å². The Morgan fingerprint density at radius 1 is 1.50 bits per heavy atom. The van der Waals surface area contributed by atoms with Crippen molar-refractivity contribution in [1.82, 2.24) is 24.9 Å². The van der Waals surface area contributed by atoms with E-state index in [-0.39, 0.29) is 6.04 Å². The maximum Gasteiger partial charge on any atom is 0.0931 e. The second-order valence-electron chi connectivity index (χ2n) is 4.65. The Bertz CT molecular complexity index is 577. The van der Waals surface area contributed by atoms with Crippen LogP contribution >= 0.6 is 11.6 Å². The van der Waals surface area contributed by atoms with E-state index in [0.717, 1.165) is 17.1 Å². The molecule has 0 bridgehead atoms. The maximum atomic E-state index is 6.31. The lowest BCUT2D eigenvalue weighted by molar-refractivity contribution is 0.182. The summed E-state index contributed by atoms with van der Waals surface area (Å²) in [6, 6.07) is 1.98. The van der Waals surface area contributed by atoms with E-state index in [1.165, 1.54) is 0 Å². The van der Waals surface area contributed by atoms with Crippen LogP contribution < -0.4 is 5.32 Å². The molecule has 0 amide bonds. The molecule has 0 aliphatic heterocycles. The van der Waals surface area contributed by atoms with Crippen LogP contribution in [0.3, 0.4) is 0 Å². The maximum absolute atomic E-state index is 6.31. The minimum atomic E-state index is -0.0620. The molecule has 1 N–H and O–H groups in total. The summed E-state index contributed by atoms with van der Waals surface area (Å²) in [6.07, 6.45) is 1.67. The molecule has 20 heavy (non-hydrogen) atoms. The Balaban J connectivity index is 2.41. The van der Waals surface area contributed by atoms with Gasteiger partial charge in [-0.3, -0.25) is 9.36 Å². The average Bonchev–Trinajstić information content (AvgIpc) is 2.93. The molecule has 2 aromatic heterocycles. The van der Waals surface area contributed by atoms with Crippen LogP contribution in [0, 0.1) is 6.92 Å². The summed E-state index contributed by atoms with van der Waals surface area (Å²) in [6.45, 7) is 3.22. The molecular formula is C13H20ClN5O. The van der Waals surface area contributed by atoms with Crippen molar-refractivity contribution in [3.05, 3.63) is 34.4 Å². The first kappa shape index (κ1) is 15.0. The van der Waals surface area contributed by atoms with Crippen LogP contribution in [0.5, 0.6) is 0 Å². The Labute approximate surface area is 123 Å². The Kier molecular flexibility index (Phi) is 4.80. The van der Waals surface area contributed by atoms with Gasteiger partial charge < -0.3 is 10.1 Å². The van der Waals surface area contributed by atoms with E-state index in [4.69, 9.17) is 16.3 Å². The van der Waals surface area contributed by atoms with E-state index < -0.39 is 0 Å². The Morgan fingerprint density at radius 2 is 2.25 bits per heavy atom. The van der Waals surface area contributed by atoms with Gasteiger partial charge in [0.15, 0.2) is 0 Å². The number of nitrogens with one attached hydrogen (secondary N) is 1. The number of ether oxygens (including phenoxy) is 1. The summed E-state index contributed by atoms with van der Waals surface area (Å²) in [4.78, 5) is 0. The van der Waals surface area contributed by atoms with Crippen LogP contribution in [0.2, 0.25) is 5.02 Å². The third-order valence-corrected chi connectivity index (χ3v) is 3.53. The third-order valence-electron chi connectivity index (χ3n) is 3.24. The summed E-state index contributed by atoms with van der Waals surface area (Å²) in [5.41, 5.74) is 2.95. The molecule has 110 valence electrons. The highest BCUT2D eigenvalue weighted by molar-refractivity contribution is 6.31. The van der Waals surface area contributed by atoms with Gasteiger partial charge in [0.25, 0.3) is 0 Å². The van der Waals surface area contributed by atoms with Crippen molar-refractivity contribution in [1.29, 1.82) is 0 Å². The number of hydrogen-bond acceptors (Lipinski definition) is 4. The molecule has 0 aliphatic rings. The van der Waals surface area contributed by atoms with Crippen molar-refractivity contribution >= 4 is 11.6 Å². The molecule has 2 heterocycles. The monoisotopic (exact) mass is 297 g/mol. The smallest absolute Gasteiger partial charge is 0.0931 e. The topological polar surface area (TPSA) is 56.9 Å². The minimum Gasteiger partial charge on any atom is -0.383 e. The van der Waals surface area contributed by atoms with Crippen molar-refractivity contribution in [3.8, 4) is 0 Å². The van der Waals surface area contributed by atoms with Gasteiger partial charge in [0, 0.05) is 14.2 Å². The summed E-state index contributed by atoms with van der Waals surface area (Å²) < 4.78 is 8.85. The first-order valence-corrected chi connectivity index (χ1v) is 6.84. The molecule has 0 saturated carbocycles. The fourth-order valence-corrected chi connectivity index (χ4v) is 2.59. The predicted molar refractivity (Wildman–Crippen MR) is 78.0 cm³/mol. The van der Waals surface area contributed by atoms with Crippen LogP contribution in [-0.4, -0.2) is 40.3 Å². The molecule has 1 unspecified atom stereocenters. The van der Waals surface area contributed by atoms with E-state index in [9.17, 15) is 0 Å². The zero-order valence-electron chi connectivity index (χ0n) is 12.2. The lowest BCUT2D eigenvalue weighted by atomic mass is 10.1.